The first kappa shape index (κ1) is 14.4. The van der Waals surface area contributed by atoms with Crippen LogP contribution in [0.1, 0.15) is 11.5 Å². The summed E-state index contributed by atoms with van der Waals surface area (Å²) in [6.07, 6.45) is -0.734. The van der Waals surface area contributed by atoms with E-state index >= 15 is 0 Å². The quantitative estimate of drug-likeness (QED) is 0.628. The standard InChI is InChI=1S/C13H12F4N2O/c1-3-9(2)19-7-12(14,8-19)5-4-10-6-11(20-18-10)13(15,16)17/h3-6H,1-2,7-8H2/b5-4-. The van der Waals surface area contributed by atoms with Crippen LogP contribution >= 0.6 is 0 Å². The number of allylic oxidation sites excluding steroid dienone is 1. The second-order valence-corrected chi connectivity index (χ2v) is 4.53. The Hall–Kier alpha value is -2.05. The number of rotatable bonds is 4. The summed E-state index contributed by atoms with van der Waals surface area (Å²) >= 11 is 0. The van der Waals surface area contributed by atoms with Crippen LogP contribution in [-0.4, -0.2) is 28.8 Å². The van der Waals surface area contributed by atoms with E-state index in [4.69, 9.17) is 0 Å². The van der Waals surface area contributed by atoms with Gasteiger partial charge >= 0.3 is 6.18 Å². The number of hydrogen-bond donors (Lipinski definition) is 0. The monoisotopic (exact) mass is 288 g/mol. The highest BCUT2D eigenvalue weighted by molar-refractivity contribution is 5.47. The lowest BCUT2D eigenvalue weighted by Crippen LogP contribution is -2.56. The van der Waals surface area contributed by atoms with Gasteiger partial charge in [0.2, 0.25) is 5.76 Å². The molecule has 1 aromatic rings. The van der Waals surface area contributed by atoms with Gasteiger partial charge in [0.05, 0.1) is 13.1 Å². The summed E-state index contributed by atoms with van der Waals surface area (Å²) in [6, 6.07) is 0.721. The molecule has 1 aliphatic rings. The summed E-state index contributed by atoms with van der Waals surface area (Å²) in [7, 11) is 0. The van der Waals surface area contributed by atoms with Gasteiger partial charge in [-0.3, -0.25) is 0 Å². The molecule has 0 spiro atoms. The van der Waals surface area contributed by atoms with Gasteiger partial charge in [0.25, 0.3) is 0 Å². The Morgan fingerprint density at radius 3 is 2.60 bits per heavy atom. The Labute approximate surface area is 112 Å². The van der Waals surface area contributed by atoms with Crippen LogP contribution in [-0.2, 0) is 6.18 Å². The van der Waals surface area contributed by atoms with E-state index in [1.165, 1.54) is 18.2 Å². The Kier molecular flexibility index (Phi) is 3.45. The van der Waals surface area contributed by atoms with Gasteiger partial charge in [0, 0.05) is 11.8 Å². The lowest BCUT2D eigenvalue weighted by Gasteiger charge is -2.44. The number of halogens is 4. The lowest BCUT2D eigenvalue weighted by atomic mass is 9.94. The summed E-state index contributed by atoms with van der Waals surface area (Å²) in [4.78, 5) is 1.67. The Morgan fingerprint density at radius 2 is 2.10 bits per heavy atom. The molecule has 0 N–H and O–H groups in total. The molecule has 7 heteroatoms. The van der Waals surface area contributed by atoms with Gasteiger partial charge in [-0.05, 0) is 18.2 Å². The molecule has 0 atom stereocenters. The molecule has 2 rings (SSSR count). The molecule has 1 aromatic heterocycles. The van der Waals surface area contributed by atoms with Crippen molar-refractivity contribution in [1.82, 2.24) is 10.1 Å². The molecule has 1 aliphatic heterocycles. The Bertz CT molecular complexity index is 553. The van der Waals surface area contributed by atoms with Gasteiger partial charge in [0.15, 0.2) is 5.67 Å². The van der Waals surface area contributed by atoms with Crippen LogP contribution < -0.4 is 0 Å². The van der Waals surface area contributed by atoms with Gasteiger partial charge in [-0.1, -0.05) is 18.3 Å². The number of hydrogen-bond acceptors (Lipinski definition) is 3. The maximum Gasteiger partial charge on any atom is 0.452 e. The number of alkyl halides is 4. The minimum absolute atomic E-state index is 0.0738. The van der Waals surface area contributed by atoms with Crippen LogP contribution in [0.25, 0.3) is 6.08 Å². The predicted octanol–water partition coefficient (Wildman–Crippen LogP) is 3.43. The molecule has 1 fully saturated rings. The topological polar surface area (TPSA) is 29.3 Å². The average Bonchev–Trinajstić information content (AvgIpc) is 2.80. The summed E-state index contributed by atoms with van der Waals surface area (Å²) in [5.74, 6) is -1.21. The highest BCUT2D eigenvalue weighted by Crippen LogP contribution is 2.32. The molecule has 20 heavy (non-hydrogen) atoms. The van der Waals surface area contributed by atoms with Crippen molar-refractivity contribution in [2.24, 2.45) is 0 Å². The maximum atomic E-state index is 14.1. The first-order valence-corrected chi connectivity index (χ1v) is 5.72. The Morgan fingerprint density at radius 1 is 1.45 bits per heavy atom. The van der Waals surface area contributed by atoms with Gasteiger partial charge in [-0.2, -0.15) is 13.2 Å². The van der Waals surface area contributed by atoms with E-state index in [0.29, 0.717) is 5.70 Å². The van der Waals surface area contributed by atoms with Crippen LogP contribution in [0, 0.1) is 0 Å². The molecule has 0 unspecified atom stereocenters. The summed E-state index contributed by atoms with van der Waals surface area (Å²) in [6.45, 7) is 7.36. The van der Waals surface area contributed by atoms with Crippen LogP contribution in [0.2, 0.25) is 0 Å². The third kappa shape index (κ3) is 2.92. The average molecular weight is 288 g/mol. The molecule has 0 radical (unpaired) electrons. The molecule has 108 valence electrons. The Balaban J connectivity index is 1.99. The number of aromatic nitrogens is 1. The van der Waals surface area contributed by atoms with Crippen molar-refractivity contribution in [1.29, 1.82) is 0 Å². The molecular weight excluding hydrogens is 276 g/mol. The van der Waals surface area contributed by atoms with E-state index in [2.05, 4.69) is 22.8 Å². The van der Waals surface area contributed by atoms with Crippen molar-refractivity contribution in [3.8, 4) is 0 Å². The fourth-order valence-corrected chi connectivity index (χ4v) is 1.76. The highest BCUT2D eigenvalue weighted by Gasteiger charge is 2.41. The van der Waals surface area contributed by atoms with Gasteiger partial charge < -0.3 is 9.42 Å². The normalized spacial score (nSPS) is 18.1. The largest absolute Gasteiger partial charge is 0.452 e. The summed E-state index contributed by atoms with van der Waals surface area (Å²) in [5, 5.41) is 3.22. The van der Waals surface area contributed by atoms with Crippen molar-refractivity contribution >= 4 is 6.08 Å². The smallest absolute Gasteiger partial charge is 0.365 e. The first-order chi connectivity index (χ1) is 9.23. The van der Waals surface area contributed by atoms with Gasteiger partial charge in [-0.15, -0.1) is 0 Å². The van der Waals surface area contributed by atoms with Gasteiger partial charge in [-0.25, -0.2) is 4.39 Å². The van der Waals surface area contributed by atoms with Crippen LogP contribution in [0.4, 0.5) is 17.6 Å². The summed E-state index contributed by atoms with van der Waals surface area (Å²) in [5.41, 5.74) is -1.08. The van der Waals surface area contributed by atoms with E-state index < -0.39 is 17.6 Å². The van der Waals surface area contributed by atoms with Crippen molar-refractivity contribution in [2.75, 3.05) is 13.1 Å². The third-order valence-electron chi connectivity index (χ3n) is 2.91. The van der Waals surface area contributed by atoms with E-state index in [0.717, 1.165) is 6.07 Å². The van der Waals surface area contributed by atoms with Crippen molar-refractivity contribution in [2.45, 2.75) is 11.8 Å². The van der Waals surface area contributed by atoms with E-state index in [1.54, 1.807) is 4.90 Å². The van der Waals surface area contributed by atoms with Crippen LogP contribution in [0.5, 0.6) is 0 Å². The molecule has 3 nitrogen and oxygen atoms in total. The minimum atomic E-state index is -4.60. The SMILES string of the molecule is C=CC(=C)N1CC(F)(/C=C\c2cc(C(F)(F)F)on2)C1. The molecule has 0 amide bonds. The molecule has 0 bridgehead atoms. The van der Waals surface area contributed by atoms with Crippen molar-refractivity contribution in [3.63, 3.8) is 0 Å². The third-order valence-corrected chi connectivity index (χ3v) is 2.91. The minimum Gasteiger partial charge on any atom is -0.365 e. The second-order valence-electron chi connectivity index (χ2n) is 4.53. The lowest BCUT2D eigenvalue weighted by molar-refractivity contribution is -0.155. The molecule has 1 saturated heterocycles. The zero-order chi connectivity index (χ0) is 15.0. The fraction of sp³-hybridized carbons (Fsp3) is 0.308. The molecule has 0 saturated carbocycles. The molecule has 2 heterocycles. The maximum absolute atomic E-state index is 14.1. The molecule has 0 aromatic carbocycles. The molecule has 0 aliphatic carbocycles. The predicted molar refractivity (Wildman–Crippen MR) is 65.3 cm³/mol. The number of nitrogens with zero attached hydrogens (tertiary/aromatic N) is 2. The molecular formula is C13H12F4N2O. The van der Waals surface area contributed by atoms with Crippen molar-refractivity contribution in [3.05, 3.63) is 48.5 Å². The van der Waals surface area contributed by atoms with Crippen LogP contribution in [0.3, 0.4) is 0 Å². The van der Waals surface area contributed by atoms with E-state index in [9.17, 15) is 17.6 Å². The van der Waals surface area contributed by atoms with E-state index in [1.807, 2.05) is 0 Å². The van der Waals surface area contributed by atoms with Crippen LogP contribution in [0.15, 0.2) is 41.6 Å². The second kappa shape index (κ2) is 4.81. The summed E-state index contributed by atoms with van der Waals surface area (Å²) < 4.78 is 55.1. The van der Waals surface area contributed by atoms with E-state index in [-0.39, 0.29) is 18.8 Å². The van der Waals surface area contributed by atoms with Gasteiger partial charge in [0.1, 0.15) is 5.69 Å². The highest BCUT2D eigenvalue weighted by atomic mass is 19.4. The van der Waals surface area contributed by atoms with Crippen molar-refractivity contribution < 1.29 is 22.1 Å². The number of likely N-dealkylation sites (tertiary alicyclic amines) is 1. The fourth-order valence-electron chi connectivity index (χ4n) is 1.76. The zero-order valence-electron chi connectivity index (χ0n) is 10.5. The first-order valence-electron chi connectivity index (χ1n) is 5.72. The zero-order valence-corrected chi connectivity index (χ0v) is 10.5.